The van der Waals surface area contributed by atoms with Crippen molar-refractivity contribution in [1.82, 2.24) is 4.90 Å². The maximum atomic E-state index is 12.3. The van der Waals surface area contributed by atoms with E-state index >= 15 is 0 Å². The molecule has 134 valence electrons. The molecule has 1 aliphatic heterocycles. The van der Waals surface area contributed by atoms with Gasteiger partial charge in [-0.25, -0.2) is 8.42 Å². The third-order valence-corrected chi connectivity index (χ3v) is 6.39. The predicted octanol–water partition coefficient (Wildman–Crippen LogP) is 3.53. The van der Waals surface area contributed by atoms with Crippen molar-refractivity contribution in [2.24, 2.45) is 0 Å². The summed E-state index contributed by atoms with van der Waals surface area (Å²) in [4.78, 5) is 13.9. The lowest BCUT2D eigenvalue weighted by atomic mass is 10.2. The van der Waals surface area contributed by atoms with E-state index in [0.717, 1.165) is 5.56 Å². The molecule has 0 spiro atoms. The fraction of sp³-hybridized carbons (Fsp3) is 0.389. The number of halogens is 1. The Kier molecular flexibility index (Phi) is 5.20. The molecule has 1 saturated heterocycles. The van der Waals surface area contributed by atoms with Gasteiger partial charge in [0, 0.05) is 23.0 Å². The zero-order chi connectivity index (χ0) is 18.0. The van der Waals surface area contributed by atoms with Crippen LogP contribution in [0.25, 0.3) is 11.3 Å². The minimum Gasteiger partial charge on any atom is -0.459 e. The first-order valence-corrected chi connectivity index (χ1v) is 10.4. The molecule has 0 N–H and O–H groups in total. The van der Waals surface area contributed by atoms with Gasteiger partial charge in [0.05, 0.1) is 18.1 Å². The Labute approximate surface area is 152 Å². The Morgan fingerprint density at radius 2 is 1.96 bits per heavy atom. The van der Waals surface area contributed by atoms with Gasteiger partial charge in [-0.1, -0.05) is 18.5 Å². The Morgan fingerprint density at radius 1 is 1.24 bits per heavy atom. The first-order chi connectivity index (χ1) is 11.9. The zero-order valence-corrected chi connectivity index (χ0v) is 15.5. The molecule has 1 aliphatic rings. The molecule has 1 atom stereocenters. The molecule has 0 radical (unpaired) electrons. The van der Waals surface area contributed by atoms with E-state index in [2.05, 4.69) is 0 Å². The molecule has 5 nitrogen and oxygen atoms in total. The molecule has 1 unspecified atom stereocenters. The Hall–Kier alpha value is -1.79. The van der Waals surface area contributed by atoms with E-state index < -0.39 is 9.84 Å². The first kappa shape index (κ1) is 18.0. The summed E-state index contributed by atoms with van der Waals surface area (Å²) in [6, 6.07) is 10.7. The van der Waals surface area contributed by atoms with E-state index in [4.69, 9.17) is 16.0 Å². The number of furan rings is 1. The molecule has 1 amide bonds. The molecule has 0 bridgehead atoms. The number of benzene rings is 1. The summed E-state index contributed by atoms with van der Waals surface area (Å²) in [6.45, 7) is 2.06. The standard InChI is InChI=1S/C18H20ClNO4S/c1-2-18(21)20(15-9-10-25(22,23)12-15)11-16-7-8-17(24-16)13-3-5-14(19)6-4-13/h3-8,15H,2,9-12H2,1H3. The molecule has 1 aromatic carbocycles. The van der Waals surface area contributed by atoms with Gasteiger partial charge in [0.15, 0.2) is 9.84 Å². The number of sulfone groups is 1. The molecule has 0 aliphatic carbocycles. The van der Waals surface area contributed by atoms with Crippen molar-refractivity contribution in [2.75, 3.05) is 11.5 Å². The fourth-order valence-electron chi connectivity index (χ4n) is 3.05. The van der Waals surface area contributed by atoms with Crippen molar-refractivity contribution < 1.29 is 17.6 Å². The molecule has 2 heterocycles. The highest BCUT2D eigenvalue weighted by atomic mass is 35.5. The van der Waals surface area contributed by atoms with Crippen molar-refractivity contribution in [3.63, 3.8) is 0 Å². The van der Waals surface area contributed by atoms with E-state index in [-0.39, 0.29) is 30.0 Å². The third kappa shape index (κ3) is 4.25. The first-order valence-electron chi connectivity index (χ1n) is 8.22. The molecule has 1 aromatic heterocycles. The van der Waals surface area contributed by atoms with Crippen molar-refractivity contribution >= 4 is 27.3 Å². The number of amides is 1. The summed E-state index contributed by atoms with van der Waals surface area (Å²) in [5.74, 6) is 1.43. The van der Waals surface area contributed by atoms with Crippen LogP contribution in [-0.4, -0.2) is 36.8 Å². The second-order valence-corrected chi connectivity index (χ2v) is 8.87. The van der Waals surface area contributed by atoms with Crippen LogP contribution in [0.5, 0.6) is 0 Å². The van der Waals surface area contributed by atoms with Crippen molar-refractivity contribution in [2.45, 2.75) is 32.4 Å². The topological polar surface area (TPSA) is 67.6 Å². The second-order valence-electron chi connectivity index (χ2n) is 6.20. The minimum absolute atomic E-state index is 0.0312. The van der Waals surface area contributed by atoms with Gasteiger partial charge < -0.3 is 9.32 Å². The van der Waals surface area contributed by atoms with Gasteiger partial charge in [0.1, 0.15) is 11.5 Å². The van der Waals surface area contributed by atoms with Crippen LogP contribution in [0.15, 0.2) is 40.8 Å². The van der Waals surface area contributed by atoms with E-state index in [0.29, 0.717) is 29.4 Å². The van der Waals surface area contributed by atoms with Gasteiger partial charge >= 0.3 is 0 Å². The van der Waals surface area contributed by atoms with Crippen LogP contribution >= 0.6 is 11.6 Å². The van der Waals surface area contributed by atoms with Gasteiger partial charge in [-0.3, -0.25) is 4.79 Å². The highest BCUT2D eigenvalue weighted by Crippen LogP contribution is 2.26. The fourth-order valence-corrected chi connectivity index (χ4v) is 4.90. The number of carbonyl (C=O) groups is 1. The summed E-state index contributed by atoms with van der Waals surface area (Å²) in [5, 5.41) is 0.651. The Bertz CT molecular complexity index is 857. The largest absolute Gasteiger partial charge is 0.459 e. The quantitative estimate of drug-likeness (QED) is 0.794. The van der Waals surface area contributed by atoms with Crippen LogP contribution in [0, 0.1) is 0 Å². The van der Waals surface area contributed by atoms with Crippen LogP contribution in [0.4, 0.5) is 0 Å². The van der Waals surface area contributed by atoms with Gasteiger partial charge in [-0.15, -0.1) is 0 Å². The SMILES string of the molecule is CCC(=O)N(Cc1ccc(-c2ccc(Cl)cc2)o1)C1CCS(=O)(=O)C1. The van der Waals surface area contributed by atoms with E-state index in [1.807, 2.05) is 24.3 Å². The third-order valence-electron chi connectivity index (χ3n) is 4.39. The molecule has 0 saturated carbocycles. The summed E-state index contributed by atoms with van der Waals surface area (Å²) >= 11 is 5.90. The summed E-state index contributed by atoms with van der Waals surface area (Å²) < 4.78 is 29.4. The van der Waals surface area contributed by atoms with E-state index in [1.54, 1.807) is 24.0 Å². The van der Waals surface area contributed by atoms with Crippen LogP contribution in [0.1, 0.15) is 25.5 Å². The van der Waals surface area contributed by atoms with Crippen LogP contribution < -0.4 is 0 Å². The monoisotopic (exact) mass is 381 g/mol. The number of nitrogens with zero attached hydrogens (tertiary/aromatic N) is 1. The maximum Gasteiger partial charge on any atom is 0.222 e. The number of hydrogen-bond donors (Lipinski definition) is 0. The van der Waals surface area contributed by atoms with Gasteiger partial charge in [0.25, 0.3) is 0 Å². The lowest BCUT2D eigenvalue weighted by Crippen LogP contribution is -2.40. The summed E-state index contributed by atoms with van der Waals surface area (Å²) in [6.07, 6.45) is 0.820. The maximum absolute atomic E-state index is 12.3. The van der Waals surface area contributed by atoms with Crippen LogP contribution in [0.3, 0.4) is 0 Å². The Balaban J connectivity index is 1.78. The van der Waals surface area contributed by atoms with E-state index in [9.17, 15) is 13.2 Å². The Morgan fingerprint density at radius 3 is 2.56 bits per heavy atom. The van der Waals surface area contributed by atoms with Crippen LogP contribution in [-0.2, 0) is 21.2 Å². The van der Waals surface area contributed by atoms with Crippen molar-refractivity contribution in [1.29, 1.82) is 0 Å². The molecule has 25 heavy (non-hydrogen) atoms. The van der Waals surface area contributed by atoms with Gasteiger partial charge in [-0.05, 0) is 42.8 Å². The zero-order valence-electron chi connectivity index (χ0n) is 13.9. The minimum atomic E-state index is -3.05. The molecular formula is C18H20ClNO4S. The lowest BCUT2D eigenvalue weighted by molar-refractivity contribution is -0.133. The van der Waals surface area contributed by atoms with Crippen molar-refractivity contribution in [3.05, 3.63) is 47.2 Å². The lowest BCUT2D eigenvalue weighted by Gasteiger charge is -2.27. The highest BCUT2D eigenvalue weighted by molar-refractivity contribution is 7.91. The average Bonchev–Trinajstić information content (AvgIpc) is 3.19. The number of carbonyl (C=O) groups excluding carboxylic acids is 1. The smallest absolute Gasteiger partial charge is 0.222 e. The highest BCUT2D eigenvalue weighted by Gasteiger charge is 2.34. The van der Waals surface area contributed by atoms with Gasteiger partial charge in [-0.2, -0.15) is 0 Å². The molecule has 3 rings (SSSR count). The van der Waals surface area contributed by atoms with Crippen molar-refractivity contribution in [3.8, 4) is 11.3 Å². The number of rotatable bonds is 5. The normalized spacial score (nSPS) is 19.0. The molecular weight excluding hydrogens is 362 g/mol. The second kappa shape index (κ2) is 7.22. The average molecular weight is 382 g/mol. The molecule has 7 heteroatoms. The van der Waals surface area contributed by atoms with Gasteiger partial charge in [0.2, 0.25) is 5.91 Å². The summed E-state index contributed by atoms with van der Waals surface area (Å²) in [7, 11) is -3.05. The van der Waals surface area contributed by atoms with E-state index in [1.165, 1.54) is 0 Å². The predicted molar refractivity (Wildman–Crippen MR) is 97.1 cm³/mol. The molecule has 2 aromatic rings. The molecule has 1 fully saturated rings. The number of hydrogen-bond acceptors (Lipinski definition) is 4. The summed E-state index contributed by atoms with van der Waals surface area (Å²) in [5.41, 5.74) is 0.896. The van der Waals surface area contributed by atoms with Crippen LogP contribution in [0.2, 0.25) is 5.02 Å².